The summed E-state index contributed by atoms with van der Waals surface area (Å²) in [5.41, 5.74) is 0.442. The van der Waals surface area contributed by atoms with Gasteiger partial charge in [0, 0.05) is 25.3 Å². The summed E-state index contributed by atoms with van der Waals surface area (Å²) in [4.78, 5) is 11.8. The molecule has 0 aromatic heterocycles. The van der Waals surface area contributed by atoms with Crippen LogP contribution in [0.15, 0.2) is 18.2 Å². The Kier molecular flexibility index (Phi) is 5.80. The number of ether oxygens (including phenoxy) is 2. The van der Waals surface area contributed by atoms with Crippen LogP contribution in [0.4, 0.5) is 0 Å². The molecule has 5 heteroatoms. The predicted octanol–water partition coefficient (Wildman–Crippen LogP) is 2.11. The molecule has 0 saturated carbocycles. The Morgan fingerprint density at radius 2 is 2.18 bits per heavy atom. The fraction of sp³-hybridized carbons (Fsp3) is 0.417. The largest absolute Gasteiger partial charge is 0.496 e. The van der Waals surface area contributed by atoms with E-state index < -0.39 is 0 Å². The van der Waals surface area contributed by atoms with Crippen LogP contribution in [0.2, 0.25) is 5.02 Å². The SMILES string of the molecule is COCCCNC(=O)c1cc(Cl)ccc1OC. The van der Waals surface area contributed by atoms with E-state index in [-0.39, 0.29) is 5.91 Å². The Morgan fingerprint density at radius 1 is 1.41 bits per heavy atom. The van der Waals surface area contributed by atoms with Gasteiger partial charge in [0.15, 0.2) is 0 Å². The molecule has 1 aromatic rings. The van der Waals surface area contributed by atoms with Crippen LogP contribution in [0, 0.1) is 0 Å². The second-order valence-corrected chi connectivity index (χ2v) is 3.88. The van der Waals surface area contributed by atoms with Crippen molar-refractivity contribution in [3.8, 4) is 5.75 Å². The average molecular weight is 258 g/mol. The number of nitrogens with one attached hydrogen (secondary N) is 1. The van der Waals surface area contributed by atoms with Crippen LogP contribution in [0.5, 0.6) is 5.75 Å². The molecule has 0 aliphatic rings. The maximum Gasteiger partial charge on any atom is 0.255 e. The van der Waals surface area contributed by atoms with Gasteiger partial charge in [-0.05, 0) is 24.6 Å². The van der Waals surface area contributed by atoms with Crippen molar-refractivity contribution in [3.63, 3.8) is 0 Å². The molecule has 0 heterocycles. The lowest BCUT2D eigenvalue weighted by Gasteiger charge is -2.09. The number of benzene rings is 1. The number of amides is 1. The third-order valence-electron chi connectivity index (χ3n) is 2.22. The highest BCUT2D eigenvalue weighted by Crippen LogP contribution is 2.22. The molecular weight excluding hydrogens is 242 g/mol. The zero-order valence-electron chi connectivity index (χ0n) is 9.96. The minimum atomic E-state index is -0.194. The summed E-state index contributed by atoms with van der Waals surface area (Å²) in [5.74, 6) is 0.319. The van der Waals surface area contributed by atoms with Crippen molar-refractivity contribution in [1.29, 1.82) is 0 Å². The molecule has 0 atom stereocenters. The number of carbonyl (C=O) groups is 1. The summed E-state index contributed by atoms with van der Waals surface area (Å²) in [6, 6.07) is 4.94. The number of carbonyl (C=O) groups excluding carboxylic acids is 1. The summed E-state index contributed by atoms with van der Waals surface area (Å²) in [5, 5.41) is 3.29. The first-order valence-corrected chi connectivity index (χ1v) is 5.67. The lowest BCUT2D eigenvalue weighted by molar-refractivity contribution is 0.0945. The van der Waals surface area contributed by atoms with Gasteiger partial charge in [0.05, 0.1) is 12.7 Å². The molecule has 0 bridgehead atoms. The van der Waals surface area contributed by atoms with Gasteiger partial charge in [-0.25, -0.2) is 0 Å². The van der Waals surface area contributed by atoms with Crippen LogP contribution in [0.3, 0.4) is 0 Å². The van der Waals surface area contributed by atoms with Crippen molar-refractivity contribution >= 4 is 17.5 Å². The highest BCUT2D eigenvalue weighted by Gasteiger charge is 2.11. The van der Waals surface area contributed by atoms with Gasteiger partial charge in [0.1, 0.15) is 5.75 Å². The molecule has 1 N–H and O–H groups in total. The lowest BCUT2D eigenvalue weighted by Crippen LogP contribution is -2.25. The van der Waals surface area contributed by atoms with E-state index in [4.69, 9.17) is 21.1 Å². The Balaban J connectivity index is 2.64. The second-order valence-electron chi connectivity index (χ2n) is 3.45. The normalized spacial score (nSPS) is 10.1. The summed E-state index contributed by atoms with van der Waals surface area (Å²) in [6.45, 7) is 1.18. The molecular formula is C12H16ClNO3. The lowest BCUT2D eigenvalue weighted by atomic mass is 10.2. The van der Waals surface area contributed by atoms with E-state index in [0.29, 0.717) is 29.5 Å². The van der Waals surface area contributed by atoms with E-state index >= 15 is 0 Å². The van der Waals surface area contributed by atoms with E-state index in [1.807, 2.05) is 0 Å². The van der Waals surface area contributed by atoms with Crippen LogP contribution in [-0.4, -0.2) is 33.3 Å². The molecule has 94 valence electrons. The maximum absolute atomic E-state index is 11.8. The van der Waals surface area contributed by atoms with Crippen LogP contribution < -0.4 is 10.1 Å². The first-order chi connectivity index (χ1) is 8.19. The van der Waals surface area contributed by atoms with Gasteiger partial charge in [-0.2, -0.15) is 0 Å². The number of halogens is 1. The Bertz CT molecular complexity index is 382. The minimum Gasteiger partial charge on any atom is -0.496 e. The van der Waals surface area contributed by atoms with Crippen LogP contribution in [0.1, 0.15) is 16.8 Å². The minimum absolute atomic E-state index is 0.194. The van der Waals surface area contributed by atoms with Gasteiger partial charge >= 0.3 is 0 Å². The zero-order chi connectivity index (χ0) is 12.7. The van der Waals surface area contributed by atoms with Crippen molar-refractivity contribution in [2.75, 3.05) is 27.4 Å². The highest BCUT2D eigenvalue weighted by molar-refractivity contribution is 6.31. The van der Waals surface area contributed by atoms with E-state index in [1.54, 1.807) is 25.3 Å². The van der Waals surface area contributed by atoms with Crippen molar-refractivity contribution in [2.45, 2.75) is 6.42 Å². The van der Waals surface area contributed by atoms with Crippen LogP contribution >= 0.6 is 11.6 Å². The van der Waals surface area contributed by atoms with Gasteiger partial charge in [-0.15, -0.1) is 0 Å². The number of hydrogen-bond acceptors (Lipinski definition) is 3. The summed E-state index contributed by atoms with van der Waals surface area (Å²) in [6.07, 6.45) is 0.769. The molecule has 17 heavy (non-hydrogen) atoms. The first kappa shape index (κ1) is 13.8. The molecule has 0 unspecified atom stereocenters. The summed E-state index contributed by atoms with van der Waals surface area (Å²) < 4.78 is 10.0. The Hall–Kier alpha value is -1.26. The Morgan fingerprint density at radius 3 is 2.82 bits per heavy atom. The average Bonchev–Trinajstić information content (AvgIpc) is 2.34. The van der Waals surface area contributed by atoms with Gasteiger partial charge in [0.25, 0.3) is 5.91 Å². The maximum atomic E-state index is 11.8. The van der Waals surface area contributed by atoms with Gasteiger partial charge in [-0.1, -0.05) is 11.6 Å². The monoisotopic (exact) mass is 257 g/mol. The molecule has 0 radical (unpaired) electrons. The van der Waals surface area contributed by atoms with Gasteiger partial charge in [0.2, 0.25) is 0 Å². The molecule has 0 spiro atoms. The molecule has 0 fully saturated rings. The fourth-order valence-electron chi connectivity index (χ4n) is 1.37. The van der Waals surface area contributed by atoms with Crippen molar-refractivity contribution in [2.24, 2.45) is 0 Å². The third kappa shape index (κ3) is 4.24. The molecule has 0 saturated heterocycles. The zero-order valence-corrected chi connectivity index (χ0v) is 10.7. The van der Waals surface area contributed by atoms with Crippen LogP contribution in [-0.2, 0) is 4.74 Å². The molecule has 1 amide bonds. The Labute approximate surface area is 106 Å². The summed E-state index contributed by atoms with van der Waals surface area (Å²) in [7, 11) is 3.15. The van der Waals surface area contributed by atoms with Crippen molar-refractivity contribution < 1.29 is 14.3 Å². The second kappa shape index (κ2) is 7.14. The number of methoxy groups -OCH3 is 2. The van der Waals surface area contributed by atoms with E-state index in [2.05, 4.69) is 5.32 Å². The van der Waals surface area contributed by atoms with Gasteiger partial charge < -0.3 is 14.8 Å². The van der Waals surface area contributed by atoms with E-state index in [0.717, 1.165) is 6.42 Å². The highest BCUT2D eigenvalue weighted by atomic mass is 35.5. The molecule has 4 nitrogen and oxygen atoms in total. The molecule has 1 rings (SSSR count). The standard InChI is InChI=1S/C12H16ClNO3/c1-16-7-3-6-14-12(15)10-8-9(13)4-5-11(10)17-2/h4-5,8H,3,6-7H2,1-2H3,(H,14,15). The van der Waals surface area contributed by atoms with Gasteiger partial charge in [-0.3, -0.25) is 4.79 Å². The van der Waals surface area contributed by atoms with Crippen molar-refractivity contribution in [3.05, 3.63) is 28.8 Å². The number of rotatable bonds is 6. The van der Waals surface area contributed by atoms with E-state index in [1.165, 1.54) is 7.11 Å². The fourth-order valence-corrected chi connectivity index (χ4v) is 1.54. The topological polar surface area (TPSA) is 47.6 Å². The smallest absolute Gasteiger partial charge is 0.255 e. The van der Waals surface area contributed by atoms with Crippen LogP contribution in [0.25, 0.3) is 0 Å². The third-order valence-corrected chi connectivity index (χ3v) is 2.45. The molecule has 1 aromatic carbocycles. The molecule has 0 aliphatic heterocycles. The van der Waals surface area contributed by atoms with Crippen molar-refractivity contribution in [1.82, 2.24) is 5.32 Å². The first-order valence-electron chi connectivity index (χ1n) is 5.29. The number of hydrogen-bond donors (Lipinski definition) is 1. The molecule has 0 aliphatic carbocycles. The van der Waals surface area contributed by atoms with E-state index in [9.17, 15) is 4.79 Å². The quantitative estimate of drug-likeness (QED) is 0.794. The summed E-state index contributed by atoms with van der Waals surface area (Å²) >= 11 is 5.85. The predicted molar refractivity (Wildman–Crippen MR) is 66.8 cm³/mol.